The van der Waals surface area contributed by atoms with Crippen molar-refractivity contribution in [1.29, 1.82) is 5.26 Å². The van der Waals surface area contributed by atoms with E-state index in [-0.39, 0.29) is 11.7 Å². The Balaban J connectivity index is 1.53. The summed E-state index contributed by atoms with van der Waals surface area (Å²) in [6, 6.07) is 17.9. The Hall–Kier alpha value is -4.97. The summed E-state index contributed by atoms with van der Waals surface area (Å²) in [6.07, 6.45) is 3.26. The fraction of sp³-hybridized carbons (Fsp3) is 0.143. The van der Waals surface area contributed by atoms with Crippen LogP contribution in [-0.2, 0) is 11.3 Å². The zero-order chi connectivity index (χ0) is 25.9. The van der Waals surface area contributed by atoms with Gasteiger partial charge in [0.05, 0.1) is 47.3 Å². The molecule has 9 heteroatoms. The van der Waals surface area contributed by atoms with Gasteiger partial charge in [-0.05, 0) is 48.9 Å². The average Bonchev–Trinajstić information content (AvgIpc) is 3.26. The van der Waals surface area contributed by atoms with Gasteiger partial charge in [0, 0.05) is 35.6 Å². The quantitative estimate of drug-likeness (QED) is 0.299. The number of amides is 1. The molecule has 0 saturated carbocycles. The van der Waals surface area contributed by atoms with Crippen LogP contribution in [0.3, 0.4) is 0 Å². The first-order chi connectivity index (χ1) is 17.9. The molecule has 0 aliphatic heterocycles. The number of carbonyl (C=O) groups is 1. The van der Waals surface area contributed by atoms with E-state index < -0.39 is 0 Å². The van der Waals surface area contributed by atoms with E-state index in [2.05, 4.69) is 26.8 Å². The van der Waals surface area contributed by atoms with Crippen LogP contribution in [0, 0.1) is 17.1 Å². The number of halogens is 1. The van der Waals surface area contributed by atoms with Crippen molar-refractivity contribution >= 4 is 44.8 Å². The normalized spacial score (nSPS) is 10.9. The van der Waals surface area contributed by atoms with Crippen LogP contribution in [0.25, 0.3) is 21.8 Å². The smallest absolute Gasteiger partial charge is 0.221 e. The van der Waals surface area contributed by atoms with E-state index in [4.69, 9.17) is 4.74 Å². The Labute approximate surface area is 212 Å². The number of benzene rings is 3. The van der Waals surface area contributed by atoms with Gasteiger partial charge in [0.15, 0.2) is 0 Å². The molecule has 1 amide bonds. The Bertz CT molecular complexity index is 1690. The standard InChI is InChI=1S/C28H23FN6O2/c1-3-37-27-12-24-23(11-25(27)33-17(2)36)28(20(13-30)14-31-24)34-22-7-8-26-19(10-22)15-32-35(26)16-18-5-4-6-21(29)9-18/h4-12,14-15H,3,16H2,1-2H3,(H,31,34)(H,33,36). The highest BCUT2D eigenvalue weighted by Gasteiger charge is 2.15. The van der Waals surface area contributed by atoms with Gasteiger partial charge in [-0.1, -0.05) is 12.1 Å². The first-order valence-electron chi connectivity index (χ1n) is 11.7. The molecule has 0 aliphatic carbocycles. The SMILES string of the molecule is CCOc1cc2ncc(C#N)c(Nc3ccc4c(cnn4Cc4cccc(F)c4)c3)c2cc1NC(C)=O. The maximum Gasteiger partial charge on any atom is 0.221 e. The number of aromatic nitrogens is 3. The van der Waals surface area contributed by atoms with Crippen LogP contribution < -0.4 is 15.4 Å². The Morgan fingerprint density at radius 3 is 2.78 bits per heavy atom. The third-order valence-electron chi connectivity index (χ3n) is 5.83. The van der Waals surface area contributed by atoms with Crippen LogP contribution in [0.2, 0.25) is 0 Å². The van der Waals surface area contributed by atoms with Gasteiger partial charge in [0.2, 0.25) is 5.91 Å². The summed E-state index contributed by atoms with van der Waals surface area (Å²) in [5, 5.41) is 21.9. The molecule has 3 aromatic carbocycles. The number of hydrogen-bond donors (Lipinski definition) is 2. The van der Waals surface area contributed by atoms with Crippen molar-refractivity contribution < 1.29 is 13.9 Å². The number of pyridine rings is 1. The summed E-state index contributed by atoms with van der Waals surface area (Å²) < 4.78 is 21.1. The molecular weight excluding hydrogens is 471 g/mol. The van der Waals surface area contributed by atoms with Crippen LogP contribution in [0.15, 0.2) is 67.0 Å². The van der Waals surface area contributed by atoms with Crippen LogP contribution in [0.5, 0.6) is 5.75 Å². The van der Waals surface area contributed by atoms with Crippen LogP contribution in [0.4, 0.5) is 21.5 Å². The zero-order valence-corrected chi connectivity index (χ0v) is 20.2. The number of rotatable bonds is 7. The Kier molecular flexibility index (Phi) is 6.39. The largest absolute Gasteiger partial charge is 0.492 e. The minimum atomic E-state index is -0.284. The minimum absolute atomic E-state index is 0.236. The van der Waals surface area contributed by atoms with E-state index in [0.29, 0.717) is 46.7 Å². The second-order valence-corrected chi connectivity index (χ2v) is 8.47. The van der Waals surface area contributed by atoms with Gasteiger partial charge in [-0.3, -0.25) is 14.5 Å². The van der Waals surface area contributed by atoms with Crippen molar-refractivity contribution in [3.63, 3.8) is 0 Å². The molecule has 2 aromatic heterocycles. The number of hydrogen-bond acceptors (Lipinski definition) is 6. The molecule has 37 heavy (non-hydrogen) atoms. The number of nitriles is 1. The molecule has 0 spiro atoms. The number of anilines is 3. The van der Waals surface area contributed by atoms with Gasteiger partial charge in [0.25, 0.3) is 0 Å². The van der Waals surface area contributed by atoms with Gasteiger partial charge in [-0.25, -0.2) is 4.39 Å². The van der Waals surface area contributed by atoms with Gasteiger partial charge in [-0.15, -0.1) is 0 Å². The van der Waals surface area contributed by atoms with Crippen molar-refractivity contribution in [3.05, 3.63) is 83.9 Å². The summed E-state index contributed by atoms with van der Waals surface area (Å²) >= 11 is 0. The zero-order valence-electron chi connectivity index (χ0n) is 20.2. The van der Waals surface area contributed by atoms with Crippen LogP contribution >= 0.6 is 0 Å². The van der Waals surface area contributed by atoms with Crippen molar-refractivity contribution in [1.82, 2.24) is 14.8 Å². The third-order valence-corrected chi connectivity index (χ3v) is 5.83. The maximum absolute atomic E-state index is 13.6. The van der Waals surface area contributed by atoms with Crippen LogP contribution in [0.1, 0.15) is 25.0 Å². The highest BCUT2D eigenvalue weighted by molar-refractivity contribution is 6.02. The predicted molar refractivity (Wildman–Crippen MR) is 140 cm³/mol. The monoisotopic (exact) mass is 494 g/mol. The highest BCUT2D eigenvalue weighted by atomic mass is 19.1. The molecule has 0 atom stereocenters. The first kappa shape index (κ1) is 23.8. The average molecular weight is 495 g/mol. The second-order valence-electron chi connectivity index (χ2n) is 8.47. The molecule has 8 nitrogen and oxygen atoms in total. The number of nitrogens with one attached hydrogen (secondary N) is 2. The molecular formula is C28H23FN6O2. The van der Waals surface area contributed by atoms with Gasteiger partial charge < -0.3 is 15.4 Å². The lowest BCUT2D eigenvalue weighted by Gasteiger charge is -2.16. The van der Waals surface area contributed by atoms with E-state index in [1.165, 1.54) is 25.3 Å². The van der Waals surface area contributed by atoms with Crippen molar-refractivity contribution in [2.45, 2.75) is 20.4 Å². The molecule has 184 valence electrons. The Morgan fingerprint density at radius 2 is 2.03 bits per heavy atom. The molecule has 0 radical (unpaired) electrons. The second kappa shape index (κ2) is 9.95. The van der Waals surface area contributed by atoms with Crippen molar-refractivity contribution in [2.24, 2.45) is 0 Å². The van der Waals surface area contributed by atoms with Gasteiger partial charge in [-0.2, -0.15) is 10.4 Å². The van der Waals surface area contributed by atoms with E-state index in [0.717, 1.165) is 22.2 Å². The maximum atomic E-state index is 13.6. The molecule has 0 bridgehead atoms. The van der Waals surface area contributed by atoms with Gasteiger partial charge >= 0.3 is 0 Å². The Morgan fingerprint density at radius 1 is 1.16 bits per heavy atom. The molecule has 0 unspecified atom stereocenters. The topological polar surface area (TPSA) is 105 Å². The lowest BCUT2D eigenvalue weighted by atomic mass is 10.1. The molecule has 5 rings (SSSR count). The summed E-state index contributed by atoms with van der Waals surface area (Å²) in [7, 11) is 0. The van der Waals surface area contributed by atoms with E-state index in [9.17, 15) is 14.4 Å². The fourth-order valence-corrected chi connectivity index (χ4v) is 4.24. The van der Waals surface area contributed by atoms with Crippen molar-refractivity contribution in [2.75, 3.05) is 17.2 Å². The number of carbonyl (C=O) groups excluding carboxylic acids is 1. The third kappa shape index (κ3) is 4.90. The van der Waals surface area contributed by atoms with Crippen LogP contribution in [-0.4, -0.2) is 27.3 Å². The lowest BCUT2D eigenvalue weighted by Crippen LogP contribution is -2.08. The molecule has 0 aliphatic rings. The summed E-state index contributed by atoms with van der Waals surface area (Å²) in [5.74, 6) is -0.0197. The molecule has 0 fully saturated rings. The highest BCUT2D eigenvalue weighted by Crippen LogP contribution is 2.36. The van der Waals surface area contributed by atoms with E-state index >= 15 is 0 Å². The fourth-order valence-electron chi connectivity index (χ4n) is 4.24. The van der Waals surface area contributed by atoms with E-state index in [1.54, 1.807) is 24.4 Å². The molecule has 2 N–H and O–H groups in total. The number of ether oxygens (including phenoxy) is 1. The number of nitrogens with zero attached hydrogens (tertiary/aromatic N) is 4. The number of fused-ring (bicyclic) bond motifs is 2. The first-order valence-corrected chi connectivity index (χ1v) is 11.7. The van der Waals surface area contributed by atoms with Gasteiger partial charge in [0.1, 0.15) is 17.6 Å². The molecule has 0 saturated heterocycles. The minimum Gasteiger partial charge on any atom is -0.492 e. The van der Waals surface area contributed by atoms with E-state index in [1.807, 2.05) is 35.9 Å². The lowest BCUT2D eigenvalue weighted by molar-refractivity contribution is -0.114. The predicted octanol–water partition coefficient (Wildman–Crippen LogP) is 5.74. The molecule has 2 heterocycles. The summed E-state index contributed by atoms with van der Waals surface area (Å²) in [4.78, 5) is 16.2. The summed E-state index contributed by atoms with van der Waals surface area (Å²) in [6.45, 7) is 4.14. The summed E-state index contributed by atoms with van der Waals surface area (Å²) in [5.41, 5.74) is 4.48. The molecule has 5 aromatic rings. The van der Waals surface area contributed by atoms with Crippen molar-refractivity contribution in [3.8, 4) is 11.8 Å².